The van der Waals surface area contributed by atoms with Crippen molar-refractivity contribution in [3.63, 3.8) is 0 Å². The van der Waals surface area contributed by atoms with Crippen molar-refractivity contribution in [2.75, 3.05) is 11.9 Å². The normalized spacial score (nSPS) is 11.2. The molecule has 8 nitrogen and oxygen atoms in total. The van der Waals surface area contributed by atoms with Gasteiger partial charge in [0.25, 0.3) is 11.8 Å². The lowest BCUT2D eigenvalue weighted by Crippen LogP contribution is -2.31. The molecule has 8 heteroatoms. The van der Waals surface area contributed by atoms with Crippen molar-refractivity contribution in [1.82, 2.24) is 5.32 Å². The molecule has 168 valence electrons. The van der Waals surface area contributed by atoms with Gasteiger partial charge >= 0.3 is 5.97 Å². The first-order valence-electron chi connectivity index (χ1n) is 10.2. The van der Waals surface area contributed by atoms with Gasteiger partial charge < -0.3 is 21.1 Å². The van der Waals surface area contributed by atoms with Crippen LogP contribution in [-0.2, 0) is 14.3 Å². The van der Waals surface area contributed by atoms with E-state index in [1.165, 1.54) is 24.3 Å². The summed E-state index contributed by atoms with van der Waals surface area (Å²) in [5.41, 5.74) is 7.12. The number of carbonyl (C=O) groups excluding carboxylic acids is 4. The van der Waals surface area contributed by atoms with E-state index in [0.717, 1.165) is 5.56 Å². The van der Waals surface area contributed by atoms with E-state index < -0.39 is 30.4 Å². The van der Waals surface area contributed by atoms with Gasteiger partial charge in [-0.05, 0) is 42.0 Å². The molecule has 0 aliphatic heterocycles. The van der Waals surface area contributed by atoms with E-state index in [2.05, 4.69) is 10.6 Å². The van der Waals surface area contributed by atoms with Crippen LogP contribution in [0.2, 0.25) is 0 Å². The Bertz CT molecular complexity index is 1120. The van der Waals surface area contributed by atoms with E-state index in [0.29, 0.717) is 16.8 Å². The van der Waals surface area contributed by atoms with Gasteiger partial charge in [-0.3, -0.25) is 19.2 Å². The fourth-order valence-electron chi connectivity index (χ4n) is 3.06. The second-order valence-corrected chi connectivity index (χ2v) is 7.16. The molecule has 3 aromatic carbocycles. The van der Waals surface area contributed by atoms with Crippen LogP contribution in [0.15, 0.2) is 84.9 Å². The van der Waals surface area contributed by atoms with Crippen LogP contribution in [0, 0.1) is 0 Å². The van der Waals surface area contributed by atoms with Crippen molar-refractivity contribution in [1.29, 1.82) is 0 Å². The predicted molar refractivity (Wildman–Crippen MR) is 122 cm³/mol. The van der Waals surface area contributed by atoms with E-state index in [-0.39, 0.29) is 12.3 Å². The highest BCUT2D eigenvalue weighted by Gasteiger charge is 2.20. The van der Waals surface area contributed by atoms with Crippen LogP contribution in [0.5, 0.6) is 0 Å². The van der Waals surface area contributed by atoms with Crippen LogP contribution in [0.1, 0.15) is 38.7 Å². The maximum absolute atomic E-state index is 12.6. The molecule has 0 aromatic heterocycles. The minimum Gasteiger partial charge on any atom is -0.455 e. The third-order valence-electron chi connectivity index (χ3n) is 4.73. The monoisotopic (exact) mass is 445 g/mol. The summed E-state index contributed by atoms with van der Waals surface area (Å²) in [6.45, 7) is -0.495. The van der Waals surface area contributed by atoms with Gasteiger partial charge in [0.15, 0.2) is 6.61 Å². The van der Waals surface area contributed by atoms with E-state index >= 15 is 0 Å². The van der Waals surface area contributed by atoms with Gasteiger partial charge in [0.2, 0.25) is 5.91 Å². The molecule has 0 heterocycles. The summed E-state index contributed by atoms with van der Waals surface area (Å²) in [4.78, 5) is 48.2. The molecule has 3 amide bonds. The molecule has 0 saturated heterocycles. The second kappa shape index (κ2) is 11.2. The fourth-order valence-corrected chi connectivity index (χ4v) is 3.06. The largest absolute Gasteiger partial charge is 0.455 e. The highest BCUT2D eigenvalue weighted by Crippen LogP contribution is 2.18. The topological polar surface area (TPSA) is 128 Å². The van der Waals surface area contributed by atoms with E-state index in [1.54, 1.807) is 54.6 Å². The highest BCUT2D eigenvalue weighted by atomic mass is 16.5. The quantitative estimate of drug-likeness (QED) is 0.437. The zero-order valence-corrected chi connectivity index (χ0v) is 17.7. The van der Waals surface area contributed by atoms with E-state index in [1.807, 2.05) is 6.07 Å². The number of ether oxygens (including phenoxy) is 1. The van der Waals surface area contributed by atoms with E-state index in [9.17, 15) is 19.2 Å². The van der Waals surface area contributed by atoms with Crippen molar-refractivity contribution < 1.29 is 23.9 Å². The number of nitrogens with two attached hydrogens (primary N) is 1. The third-order valence-corrected chi connectivity index (χ3v) is 4.73. The highest BCUT2D eigenvalue weighted by molar-refractivity contribution is 5.96. The molecular formula is C25H23N3O5. The van der Waals surface area contributed by atoms with Gasteiger partial charge in [0, 0.05) is 16.8 Å². The summed E-state index contributed by atoms with van der Waals surface area (Å²) in [5.74, 6) is -2.08. The first-order chi connectivity index (χ1) is 15.9. The molecule has 33 heavy (non-hydrogen) atoms. The Hall–Kier alpha value is -4.46. The lowest BCUT2D eigenvalue weighted by atomic mass is 10.0. The molecule has 0 bridgehead atoms. The number of amides is 3. The van der Waals surface area contributed by atoms with Crippen molar-refractivity contribution in [3.05, 3.63) is 102 Å². The number of hydrogen-bond acceptors (Lipinski definition) is 5. The Morgan fingerprint density at radius 2 is 1.39 bits per heavy atom. The minimum absolute atomic E-state index is 0.150. The van der Waals surface area contributed by atoms with Crippen molar-refractivity contribution in [2.24, 2.45) is 5.73 Å². The first-order valence-corrected chi connectivity index (χ1v) is 10.2. The van der Waals surface area contributed by atoms with Gasteiger partial charge in [-0.1, -0.05) is 48.5 Å². The minimum atomic E-state index is -0.642. The molecule has 0 aliphatic rings. The zero-order valence-electron chi connectivity index (χ0n) is 17.7. The summed E-state index contributed by atoms with van der Waals surface area (Å²) >= 11 is 0. The summed E-state index contributed by atoms with van der Waals surface area (Å²) in [7, 11) is 0. The van der Waals surface area contributed by atoms with E-state index in [4.69, 9.17) is 10.5 Å². The Morgan fingerprint density at radius 1 is 0.788 bits per heavy atom. The van der Waals surface area contributed by atoms with Crippen molar-refractivity contribution in [2.45, 2.75) is 12.5 Å². The van der Waals surface area contributed by atoms with Crippen LogP contribution in [-0.4, -0.2) is 30.3 Å². The molecule has 0 radical (unpaired) electrons. The Balaban J connectivity index is 1.57. The molecule has 0 aliphatic carbocycles. The average molecular weight is 445 g/mol. The molecule has 0 spiro atoms. The van der Waals surface area contributed by atoms with Crippen LogP contribution in [0.4, 0.5) is 5.69 Å². The number of primary amides is 1. The summed E-state index contributed by atoms with van der Waals surface area (Å²) in [5, 5.41) is 5.41. The molecule has 1 atom stereocenters. The van der Waals surface area contributed by atoms with Gasteiger partial charge in [-0.15, -0.1) is 0 Å². The first kappa shape index (κ1) is 23.2. The maximum Gasteiger partial charge on any atom is 0.308 e. The Labute approximate surface area is 190 Å². The molecule has 4 N–H and O–H groups in total. The number of nitrogens with one attached hydrogen (secondary N) is 2. The number of benzene rings is 3. The van der Waals surface area contributed by atoms with Gasteiger partial charge in [-0.2, -0.15) is 0 Å². The number of hydrogen-bond donors (Lipinski definition) is 3. The predicted octanol–water partition coefficient (Wildman–Crippen LogP) is 2.83. The van der Waals surface area contributed by atoms with Crippen LogP contribution >= 0.6 is 0 Å². The summed E-state index contributed by atoms with van der Waals surface area (Å²) in [6, 6.07) is 23.1. The number of esters is 1. The Morgan fingerprint density at radius 3 is 2.00 bits per heavy atom. The molecule has 3 rings (SSSR count). The maximum atomic E-state index is 12.6. The van der Waals surface area contributed by atoms with Gasteiger partial charge in [-0.25, -0.2) is 0 Å². The molecule has 0 unspecified atom stereocenters. The number of rotatable bonds is 9. The van der Waals surface area contributed by atoms with Crippen molar-refractivity contribution in [3.8, 4) is 0 Å². The number of carbonyl (C=O) groups is 4. The van der Waals surface area contributed by atoms with Crippen LogP contribution in [0.3, 0.4) is 0 Å². The molecule has 0 fully saturated rings. The van der Waals surface area contributed by atoms with Crippen LogP contribution < -0.4 is 16.4 Å². The van der Waals surface area contributed by atoms with Crippen molar-refractivity contribution >= 4 is 29.4 Å². The molecular weight excluding hydrogens is 422 g/mol. The molecule has 0 saturated carbocycles. The van der Waals surface area contributed by atoms with Gasteiger partial charge in [0.05, 0.1) is 12.5 Å². The Kier molecular flexibility index (Phi) is 7.91. The smallest absolute Gasteiger partial charge is 0.308 e. The second-order valence-electron chi connectivity index (χ2n) is 7.16. The third kappa shape index (κ3) is 7.03. The summed E-state index contributed by atoms with van der Waals surface area (Å²) < 4.78 is 5.10. The van der Waals surface area contributed by atoms with Gasteiger partial charge in [0.1, 0.15) is 0 Å². The lowest BCUT2D eigenvalue weighted by Gasteiger charge is -2.19. The lowest BCUT2D eigenvalue weighted by molar-refractivity contribution is -0.147. The fraction of sp³-hybridized carbons (Fsp3) is 0.120. The molecule has 3 aromatic rings. The SMILES string of the molecule is NC(=O)c1ccc(NC(=O)COC(=O)C[C@H](NC(=O)c2ccccc2)c2ccccc2)cc1. The number of anilines is 1. The standard InChI is InChI=1S/C25H23N3O5/c26-24(31)18-11-13-20(14-12-18)27-22(29)16-33-23(30)15-21(17-7-3-1-4-8-17)28-25(32)19-9-5-2-6-10-19/h1-14,21H,15-16H2,(H2,26,31)(H,27,29)(H,28,32)/t21-/m0/s1. The average Bonchev–Trinajstić information content (AvgIpc) is 2.83. The zero-order chi connectivity index (χ0) is 23.6. The summed E-state index contributed by atoms with van der Waals surface area (Å²) in [6.07, 6.45) is -0.150. The van der Waals surface area contributed by atoms with Crippen LogP contribution in [0.25, 0.3) is 0 Å².